The predicted octanol–water partition coefficient (Wildman–Crippen LogP) is 5.19. The van der Waals surface area contributed by atoms with Crippen molar-refractivity contribution in [3.05, 3.63) is 35.9 Å². The summed E-state index contributed by atoms with van der Waals surface area (Å²) in [5.74, 6) is 2.70. The fourth-order valence-corrected chi connectivity index (χ4v) is 7.17. The van der Waals surface area contributed by atoms with Gasteiger partial charge in [0.05, 0.1) is 5.69 Å². The molecule has 2 fully saturated rings. The topological polar surface area (TPSA) is 38.8 Å². The molecule has 3 aliphatic carbocycles. The Hall–Kier alpha value is -1.88. The van der Waals surface area contributed by atoms with Gasteiger partial charge in [0.25, 0.3) is 0 Å². The second-order valence-electron chi connectivity index (χ2n) is 9.74. The average molecular weight is 426 g/mol. The van der Waals surface area contributed by atoms with Gasteiger partial charge in [-0.3, -0.25) is 4.79 Å². The summed E-state index contributed by atoms with van der Waals surface area (Å²) >= 11 is 5.57. The Bertz CT molecular complexity index is 912. The minimum absolute atomic E-state index is 0.0831. The van der Waals surface area contributed by atoms with Crippen LogP contribution in [0.1, 0.15) is 63.0 Å². The van der Waals surface area contributed by atoms with Gasteiger partial charge in [-0.2, -0.15) is 0 Å². The summed E-state index contributed by atoms with van der Waals surface area (Å²) in [5, 5.41) is 0. The molecule has 1 aromatic rings. The van der Waals surface area contributed by atoms with E-state index < -0.39 is 0 Å². The quantitative estimate of drug-likeness (QED) is 0.379. The number of nitrogens with zero attached hydrogens (tertiary/aromatic N) is 1. The zero-order valence-electron chi connectivity index (χ0n) is 18.0. The number of anilines is 1. The molecule has 2 saturated carbocycles. The molecule has 0 radical (unpaired) electrons. The molecule has 0 aromatic heterocycles. The third-order valence-corrected chi connectivity index (χ3v) is 8.62. The number of hydrogen-bond acceptors (Lipinski definition) is 4. The van der Waals surface area contributed by atoms with Crippen LogP contribution in [0, 0.1) is 17.3 Å². The molecule has 4 aliphatic rings. The molecule has 0 amide bonds. The van der Waals surface area contributed by atoms with Crippen LogP contribution in [0.5, 0.6) is 5.75 Å². The molecule has 1 aliphatic heterocycles. The molecule has 4 nitrogen and oxygen atoms in total. The summed E-state index contributed by atoms with van der Waals surface area (Å²) in [5.41, 5.74) is 4.16. The van der Waals surface area contributed by atoms with Crippen molar-refractivity contribution in [1.29, 1.82) is 0 Å². The lowest BCUT2D eigenvalue weighted by molar-refractivity contribution is -0.154. The Labute approximate surface area is 184 Å². The molecule has 1 heterocycles. The Morgan fingerprint density at radius 2 is 2.20 bits per heavy atom. The van der Waals surface area contributed by atoms with Crippen molar-refractivity contribution in [2.24, 2.45) is 17.3 Å². The normalized spacial score (nSPS) is 34.2. The van der Waals surface area contributed by atoms with E-state index in [1.54, 1.807) is 6.92 Å². The van der Waals surface area contributed by atoms with Crippen LogP contribution < -0.4 is 9.64 Å². The Morgan fingerprint density at radius 1 is 1.37 bits per heavy atom. The minimum atomic E-state index is -0.136. The van der Waals surface area contributed by atoms with Crippen LogP contribution in [0.25, 0.3) is 0 Å². The third kappa shape index (κ3) is 3.00. The summed E-state index contributed by atoms with van der Waals surface area (Å²) in [4.78, 5) is 14.6. The number of ether oxygens (including phenoxy) is 2. The number of esters is 1. The van der Waals surface area contributed by atoms with Gasteiger partial charge in [0, 0.05) is 18.9 Å². The zero-order valence-corrected chi connectivity index (χ0v) is 18.8. The maximum Gasteiger partial charge on any atom is 0.302 e. The van der Waals surface area contributed by atoms with Crippen LogP contribution in [-0.2, 0) is 16.0 Å². The van der Waals surface area contributed by atoms with E-state index in [0.717, 1.165) is 42.1 Å². The molecule has 5 heteroatoms. The highest BCUT2D eigenvalue weighted by Crippen LogP contribution is 2.62. The first-order valence-electron chi connectivity index (χ1n) is 11.3. The molecule has 160 valence electrons. The lowest BCUT2D eigenvalue weighted by Gasteiger charge is -2.50. The number of carbonyl (C=O) groups is 1. The van der Waals surface area contributed by atoms with Crippen molar-refractivity contribution in [3.63, 3.8) is 0 Å². The van der Waals surface area contributed by atoms with Crippen molar-refractivity contribution in [2.75, 3.05) is 18.1 Å². The molecule has 30 heavy (non-hydrogen) atoms. The molecule has 0 spiro atoms. The van der Waals surface area contributed by atoms with Crippen molar-refractivity contribution in [1.82, 2.24) is 0 Å². The summed E-state index contributed by atoms with van der Waals surface area (Å²) in [7, 11) is 0. The molecule has 0 bridgehead atoms. The average Bonchev–Trinajstić information content (AvgIpc) is 3.04. The van der Waals surface area contributed by atoms with Crippen LogP contribution >= 0.6 is 12.2 Å². The number of hydrogen-bond donors (Lipinski definition) is 0. The highest BCUT2D eigenvalue weighted by atomic mass is 32.1. The van der Waals surface area contributed by atoms with E-state index in [4.69, 9.17) is 21.7 Å². The Morgan fingerprint density at radius 3 is 2.97 bits per heavy atom. The van der Waals surface area contributed by atoms with Crippen LogP contribution in [0.15, 0.2) is 24.8 Å². The fourth-order valence-electron chi connectivity index (χ4n) is 6.94. The van der Waals surface area contributed by atoms with E-state index in [2.05, 4.69) is 30.5 Å². The number of carbonyl (C=O) groups excluding carboxylic acids is 1. The van der Waals surface area contributed by atoms with Gasteiger partial charge in [-0.05, 0) is 79.5 Å². The minimum Gasteiger partial charge on any atom is -0.484 e. The molecule has 5 rings (SSSR count). The fraction of sp³-hybridized carbons (Fsp3) is 0.600. The van der Waals surface area contributed by atoms with Gasteiger partial charge in [-0.1, -0.05) is 25.2 Å². The lowest BCUT2D eigenvalue weighted by atomic mass is 9.55. The third-order valence-electron chi connectivity index (χ3n) is 8.28. The number of aryl methyl sites for hydroxylation is 1. The number of benzene rings is 1. The van der Waals surface area contributed by atoms with Gasteiger partial charge in [0.15, 0.2) is 0 Å². The predicted molar refractivity (Wildman–Crippen MR) is 122 cm³/mol. The molecule has 0 N–H and O–H groups in total. The molecule has 5 atom stereocenters. The maximum absolute atomic E-state index is 11.7. The SMILES string of the molecule is C=CCN1C(=S)COc2cc3c(cc21)[C@H]1CC[C@]2(C)[C@@H](OC(C)=O)CC[C@H]2[C@@H]1CC3. The van der Waals surface area contributed by atoms with E-state index in [-0.39, 0.29) is 17.5 Å². The zero-order chi connectivity index (χ0) is 21.0. The van der Waals surface area contributed by atoms with Crippen LogP contribution in [-0.4, -0.2) is 30.2 Å². The highest BCUT2D eigenvalue weighted by Gasteiger charge is 2.56. The molecule has 0 unspecified atom stereocenters. The van der Waals surface area contributed by atoms with Crippen molar-refractivity contribution >= 4 is 28.9 Å². The van der Waals surface area contributed by atoms with Crippen molar-refractivity contribution in [3.8, 4) is 5.75 Å². The van der Waals surface area contributed by atoms with E-state index in [9.17, 15) is 4.79 Å². The molecular formula is C25H31NO3S. The van der Waals surface area contributed by atoms with Gasteiger partial charge < -0.3 is 14.4 Å². The first-order valence-corrected chi connectivity index (χ1v) is 11.7. The second-order valence-corrected chi connectivity index (χ2v) is 10.2. The Balaban J connectivity index is 1.48. The first-order chi connectivity index (χ1) is 14.4. The first kappa shape index (κ1) is 20.0. The number of rotatable bonds is 3. The van der Waals surface area contributed by atoms with E-state index in [0.29, 0.717) is 30.9 Å². The van der Waals surface area contributed by atoms with Gasteiger partial charge in [0.2, 0.25) is 0 Å². The van der Waals surface area contributed by atoms with Crippen LogP contribution in [0.4, 0.5) is 5.69 Å². The van der Waals surface area contributed by atoms with E-state index in [1.807, 2.05) is 6.08 Å². The monoisotopic (exact) mass is 425 g/mol. The highest BCUT2D eigenvalue weighted by molar-refractivity contribution is 7.80. The molecule has 0 saturated heterocycles. The largest absolute Gasteiger partial charge is 0.484 e. The maximum atomic E-state index is 11.7. The second kappa shape index (κ2) is 7.37. The van der Waals surface area contributed by atoms with Gasteiger partial charge in [-0.25, -0.2) is 0 Å². The standard InChI is InChI=1S/C25H31NO3S/c1-4-11-26-21-13-19-16(12-22(21)28-14-24(26)30)5-6-18-17(19)9-10-25(3)20(18)7-8-23(25)29-15(2)27/h4,12-13,17-18,20,23H,1,5-11,14H2,2-3H3/t17-,18+,20-,23-,25-/m0/s1. The summed E-state index contributed by atoms with van der Waals surface area (Å²) < 4.78 is 11.8. The number of fused-ring (bicyclic) bond motifs is 6. The van der Waals surface area contributed by atoms with Crippen molar-refractivity contribution in [2.45, 2.75) is 64.4 Å². The van der Waals surface area contributed by atoms with Gasteiger partial charge in [-0.15, -0.1) is 6.58 Å². The van der Waals surface area contributed by atoms with Gasteiger partial charge in [0.1, 0.15) is 23.4 Å². The number of thiocarbonyl (C=S) groups is 1. The Kier molecular flexibility index (Phi) is 4.92. The van der Waals surface area contributed by atoms with E-state index >= 15 is 0 Å². The molecule has 1 aromatic carbocycles. The molecular weight excluding hydrogens is 394 g/mol. The van der Waals surface area contributed by atoms with Crippen LogP contribution in [0.2, 0.25) is 0 Å². The smallest absolute Gasteiger partial charge is 0.302 e. The summed E-state index contributed by atoms with van der Waals surface area (Å²) in [6.07, 6.45) is 8.78. The van der Waals surface area contributed by atoms with Gasteiger partial charge >= 0.3 is 5.97 Å². The van der Waals surface area contributed by atoms with Crippen molar-refractivity contribution < 1.29 is 14.3 Å². The lowest BCUT2D eigenvalue weighted by Crippen LogP contribution is -2.45. The van der Waals surface area contributed by atoms with Crippen LogP contribution in [0.3, 0.4) is 0 Å². The van der Waals surface area contributed by atoms with E-state index in [1.165, 1.54) is 24.0 Å². The summed E-state index contributed by atoms with van der Waals surface area (Å²) in [6.45, 7) is 9.01. The summed E-state index contributed by atoms with van der Waals surface area (Å²) in [6, 6.07) is 4.63.